The number of nitrogens with zero attached hydrogens (tertiary/aromatic N) is 1. The summed E-state index contributed by atoms with van der Waals surface area (Å²) in [5.74, 6) is 0.428. The van der Waals surface area contributed by atoms with Gasteiger partial charge in [0.2, 0.25) is 0 Å². The maximum atomic E-state index is 11.8. The number of esters is 1. The fourth-order valence-corrected chi connectivity index (χ4v) is 4.23. The highest BCUT2D eigenvalue weighted by molar-refractivity contribution is 7.18. The Labute approximate surface area is 184 Å². The second kappa shape index (κ2) is 11.7. The Morgan fingerprint density at radius 1 is 0.867 bits per heavy atom. The molecule has 0 spiro atoms. The van der Waals surface area contributed by atoms with Crippen molar-refractivity contribution in [2.24, 2.45) is 0 Å². The number of hydrogen-bond acceptors (Lipinski definition) is 4. The van der Waals surface area contributed by atoms with Crippen molar-refractivity contribution in [1.82, 2.24) is 4.98 Å². The van der Waals surface area contributed by atoms with E-state index in [9.17, 15) is 4.79 Å². The largest absolute Gasteiger partial charge is 0.427 e. The molecule has 0 fully saturated rings. The Balaban J connectivity index is 1.59. The van der Waals surface area contributed by atoms with E-state index >= 15 is 0 Å². The lowest BCUT2D eigenvalue weighted by atomic mass is 10.0. The van der Waals surface area contributed by atoms with Crippen LogP contribution in [0.1, 0.15) is 64.4 Å². The Kier molecular flexibility index (Phi) is 8.64. The van der Waals surface area contributed by atoms with Crippen LogP contribution in [0.3, 0.4) is 0 Å². The molecule has 0 N–H and O–H groups in total. The third-order valence-corrected chi connectivity index (χ3v) is 6.23. The Morgan fingerprint density at radius 3 is 2.27 bits per heavy atom. The zero-order valence-electron chi connectivity index (χ0n) is 18.0. The third-order valence-electron chi connectivity index (χ3n) is 5.13. The Morgan fingerprint density at radius 2 is 1.57 bits per heavy atom. The predicted molar refractivity (Wildman–Crippen MR) is 126 cm³/mol. The van der Waals surface area contributed by atoms with E-state index in [-0.39, 0.29) is 5.97 Å². The van der Waals surface area contributed by atoms with E-state index in [0.717, 1.165) is 40.3 Å². The number of rotatable bonds is 11. The summed E-state index contributed by atoms with van der Waals surface area (Å²) in [4.78, 5) is 17.5. The van der Waals surface area contributed by atoms with Crippen LogP contribution in [-0.2, 0) is 11.2 Å². The second-order valence-corrected chi connectivity index (χ2v) is 8.67. The number of carbonyl (C=O) groups is 1. The number of carbonyl (C=O) groups excluding carboxylic acids is 1. The summed E-state index contributed by atoms with van der Waals surface area (Å²) < 4.78 is 5.38. The van der Waals surface area contributed by atoms with Gasteiger partial charge in [-0.05, 0) is 54.7 Å². The zero-order valence-corrected chi connectivity index (χ0v) is 18.8. The average Bonchev–Trinajstić information content (AvgIpc) is 3.26. The molecule has 0 aliphatic rings. The van der Waals surface area contributed by atoms with Gasteiger partial charge in [0.1, 0.15) is 10.8 Å². The fourth-order valence-electron chi connectivity index (χ4n) is 3.30. The van der Waals surface area contributed by atoms with Gasteiger partial charge in [0, 0.05) is 18.2 Å². The van der Waals surface area contributed by atoms with Gasteiger partial charge in [-0.2, -0.15) is 0 Å². The first-order chi connectivity index (χ1) is 14.7. The minimum Gasteiger partial charge on any atom is -0.427 e. The first kappa shape index (κ1) is 22.2. The van der Waals surface area contributed by atoms with Crippen LogP contribution in [-0.4, -0.2) is 11.0 Å². The van der Waals surface area contributed by atoms with E-state index in [0.29, 0.717) is 12.2 Å². The quantitative estimate of drug-likeness (QED) is 0.181. The number of thiazole rings is 1. The van der Waals surface area contributed by atoms with E-state index in [2.05, 4.69) is 43.1 Å². The molecule has 0 amide bonds. The van der Waals surface area contributed by atoms with Crippen molar-refractivity contribution in [3.8, 4) is 26.8 Å². The highest BCUT2D eigenvalue weighted by Gasteiger charge is 2.09. The number of unbranched alkanes of at least 4 members (excludes halogenated alkanes) is 4. The van der Waals surface area contributed by atoms with E-state index in [1.165, 1.54) is 31.2 Å². The van der Waals surface area contributed by atoms with E-state index < -0.39 is 0 Å². The number of hydrogen-bond donors (Lipinski definition) is 0. The number of ether oxygens (including phenoxy) is 1. The summed E-state index contributed by atoms with van der Waals surface area (Å²) in [7, 11) is 0. The van der Waals surface area contributed by atoms with E-state index in [1.54, 1.807) is 11.3 Å². The van der Waals surface area contributed by atoms with Crippen LogP contribution >= 0.6 is 11.3 Å². The minimum atomic E-state index is -0.168. The average molecular weight is 422 g/mol. The highest BCUT2D eigenvalue weighted by atomic mass is 32.1. The summed E-state index contributed by atoms with van der Waals surface area (Å²) in [5, 5.41) is 1.03. The molecule has 0 saturated heterocycles. The van der Waals surface area contributed by atoms with Crippen molar-refractivity contribution in [2.45, 2.75) is 65.2 Å². The predicted octanol–water partition coefficient (Wildman–Crippen LogP) is 7.70. The first-order valence-corrected chi connectivity index (χ1v) is 11.9. The van der Waals surface area contributed by atoms with Gasteiger partial charge in [-0.3, -0.25) is 4.79 Å². The molecular weight excluding hydrogens is 390 g/mol. The SMILES string of the molecule is CCCCCCc1ccc(-c2ncc(-c3ccc(OC(=O)CCCC)cc3)s2)cc1. The molecule has 0 bridgehead atoms. The lowest BCUT2D eigenvalue weighted by molar-refractivity contribution is -0.134. The molecule has 158 valence electrons. The summed E-state index contributed by atoms with van der Waals surface area (Å²) in [5.41, 5.74) is 3.64. The summed E-state index contributed by atoms with van der Waals surface area (Å²) in [6.07, 6.45) is 10.6. The summed E-state index contributed by atoms with van der Waals surface area (Å²) in [6, 6.07) is 16.5. The van der Waals surface area contributed by atoms with E-state index in [4.69, 9.17) is 4.74 Å². The molecule has 3 aromatic rings. The first-order valence-electron chi connectivity index (χ1n) is 11.1. The maximum absolute atomic E-state index is 11.8. The molecule has 1 heterocycles. The van der Waals surface area contributed by atoms with Gasteiger partial charge in [-0.15, -0.1) is 11.3 Å². The lowest BCUT2D eigenvalue weighted by Crippen LogP contribution is -2.07. The van der Waals surface area contributed by atoms with Crippen LogP contribution in [0.2, 0.25) is 0 Å². The van der Waals surface area contributed by atoms with E-state index in [1.807, 2.05) is 30.5 Å². The molecular formula is C26H31NO2S. The van der Waals surface area contributed by atoms with Gasteiger partial charge < -0.3 is 4.74 Å². The van der Waals surface area contributed by atoms with Crippen LogP contribution in [0.4, 0.5) is 0 Å². The van der Waals surface area contributed by atoms with Crippen LogP contribution in [0.5, 0.6) is 5.75 Å². The second-order valence-electron chi connectivity index (χ2n) is 7.64. The van der Waals surface area contributed by atoms with Crippen molar-refractivity contribution in [3.05, 3.63) is 60.3 Å². The van der Waals surface area contributed by atoms with Gasteiger partial charge in [0.25, 0.3) is 0 Å². The highest BCUT2D eigenvalue weighted by Crippen LogP contribution is 2.33. The molecule has 0 unspecified atom stereocenters. The molecule has 0 saturated carbocycles. The lowest BCUT2D eigenvalue weighted by Gasteiger charge is -2.04. The third kappa shape index (κ3) is 6.53. The fraction of sp³-hybridized carbons (Fsp3) is 0.385. The van der Waals surface area contributed by atoms with Gasteiger partial charge in [-0.1, -0.05) is 63.8 Å². The molecule has 3 rings (SSSR count). The van der Waals surface area contributed by atoms with Gasteiger partial charge in [0.05, 0.1) is 4.88 Å². The van der Waals surface area contributed by atoms with Crippen LogP contribution in [0.15, 0.2) is 54.7 Å². The van der Waals surface area contributed by atoms with Crippen molar-refractivity contribution in [3.63, 3.8) is 0 Å². The Hall–Kier alpha value is -2.46. The van der Waals surface area contributed by atoms with Gasteiger partial charge in [-0.25, -0.2) is 4.98 Å². The number of aryl methyl sites for hydroxylation is 1. The molecule has 0 radical (unpaired) electrons. The molecule has 0 aliphatic heterocycles. The normalized spacial score (nSPS) is 10.9. The molecule has 2 aromatic carbocycles. The van der Waals surface area contributed by atoms with Gasteiger partial charge in [0.15, 0.2) is 0 Å². The number of benzene rings is 2. The van der Waals surface area contributed by atoms with Crippen LogP contribution in [0, 0.1) is 0 Å². The molecule has 30 heavy (non-hydrogen) atoms. The summed E-state index contributed by atoms with van der Waals surface area (Å²) >= 11 is 1.68. The molecule has 1 aromatic heterocycles. The van der Waals surface area contributed by atoms with Crippen LogP contribution < -0.4 is 4.74 Å². The molecule has 4 heteroatoms. The van der Waals surface area contributed by atoms with Crippen LogP contribution in [0.25, 0.3) is 21.0 Å². The topological polar surface area (TPSA) is 39.2 Å². The molecule has 3 nitrogen and oxygen atoms in total. The smallest absolute Gasteiger partial charge is 0.311 e. The van der Waals surface area contributed by atoms with Crippen molar-refractivity contribution in [2.75, 3.05) is 0 Å². The molecule has 0 atom stereocenters. The van der Waals surface area contributed by atoms with Crippen molar-refractivity contribution < 1.29 is 9.53 Å². The monoisotopic (exact) mass is 421 g/mol. The standard InChI is InChI=1S/C26H31NO2S/c1-3-5-7-8-9-20-11-13-22(14-12-20)26-27-19-24(30-26)21-15-17-23(18-16-21)29-25(28)10-6-4-2/h11-19H,3-10H2,1-2H3. The minimum absolute atomic E-state index is 0.168. The maximum Gasteiger partial charge on any atom is 0.311 e. The Bertz CT molecular complexity index is 913. The zero-order chi connectivity index (χ0) is 21.2. The molecule has 0 aliphatic carbocycles. The van der Waals surface area contributed by atoms with Crippen molar-refractivity contribution in [1.29, 1.82) is 0 Å². The summed E-state index contributed by atoms with van der Waals surface area (Å²) in [6.45, 7) is 4.31. The number of aromatic nitrogens is 1. The van der Waals surface area contributed by atoms with Crippen molar-refractivity contribution >= 4 is 17.3 Å². The van der Waals surface area contributed by atoms with Gasteiger partial charge >= 0.3 is 5.97 Å².